The second-order valence-corrected chi connectivity index (χ2v) is 45.6. The van der Waals surface area contributed by atoms with E-state index < -0.39 is 48.4 Å². The molecular weight excluding hydrogens is 457 g/mol. The Bertz CT molecular complexity index is 783. The third kappa shape index (κ3) is 3.59. The van der Waals surface area contributed by atoms with Gasteiger partial charge in [-0.05, 0) is 18.0 Å². The van der Waals surface area contributed by atoms with E-state index in [0.717, 1.165) is 0 Å². The lowest BCUT2D eigenvalue weighted by Gasteiger charge is -2.69. The Morgan fingerprint density at radius 2 is 0.933 bits per heavy atom. The minimum absolute atomic E-state index is 0.353. The smallest absolute Gasteiger partial charge is 0.0999 e. The fourth-order valence-corrected chi connectivity index (χ4v) is 65.2. The summed E-state index contributed by atoms with van der Waals surface area (Å²) in [6, 6.07) is 1.47. The first-order valence-electron chi connectivity index (χ1n) is 12.1. The second-order valence-electron chi connectivity index (χ2n) is 15.2. The van der Waals surface area contributed by atoms with Crippen molar-refractivity contribution >= 4 is 48.4 Å². The average molecular weight is 509 g/mol. The fourth-order valence-electron chi connectivity index (χ4n) is 8.15. The normalized spacial score (nSPS) is 33.5. The van der Waals surface area contributed by atoms with Crippen LogP contribution in [0.5, 0.6) is 0 Å². The molecule has 1 unspecified atom stereocenters. The zero-order valence-electron chi connectivity index (χ0n) is 23.4. The van der Waals surface area contributed by atoms with E-state index in [-0.39, 0.29) is 0 Å². The van der Waals surface area contributed by atoms with Crippen molar-refractivity contribution in [2.75, 3.05) is 0 Å². The summed E-state index contributed by atoms with van der Waals surface area (Å²) in [5.74, 6) is 0. The summed E-state index contributed by atoms with van der Waals surface area (Å²) in [7, 11) is -9.43. The number of rotatable bonds is 5. The van der Waals surface area contributed by atoms with Crippen LogP contribution in [-0.4, -0.2) is 48.4 Å². The molecular formula is C24H52Si6. The summed E-state index contributed by atoms with van der Waals surface area (Å²) in [6.07, 6.45) is 0. The monoisotopic (exact) mass is 508 g/mol. The van der Waals surface area contributed by atoms with Gasteiger partial charge in [0.1, 0.15) is 8.07 Å². The second kappa shape index (κ2) is 7.01. The lowest BCUT2D eigenvalue weighted by Crippen LogP contribution is -2.75. The van der Waals surface area contributed by atoms with Crippen molar-refractivity contribution in [3.8, 4) is 0 Å². The largest absolute Gasteiger partial charge is 0.105 e. The van der Waals surface area contributed by atoms with E-state index in [2.05, 4.69) is 125 Å². The first kappa shape index (κ1) is 26.8. The zero-order chi connectivity index (χ0) is 24.1. The van der Waals surface area contributed by atoms with Crippen molar-refractivity contribution in [3.63, 3.8) is 0 Å². The van der Waals surface area contributed by atoms with Gasteiger partial charge < -0.3 is 0 Å². The van der Waals surface area contributed by atoms with Gasteiger partial charge in [-0.1, -0.05) is 130 Å². The first-order valence-corrected chi connectivity index (χ1v) is 31.3. The van der Waals surface area contributed by atoms with Crippen molar-refractivity contribution in [1.82, 2.24) is 0 Å². The van der Waals surface area contributed by atoms with Crippen LogP contribution in [0.25, 0.3) is 0 Å². The Morgan fingerprint density at radius 3 is 1.13 bits per heavy atom. The van der Waals surface area contributed by atoms with Crippen LogP contribution in [0.15, 0.2) is 31.4 Å². The molecule has 0 saturated heterocycles. The molecule has 0 aromatic heterocycles. The maximum absolute atomic E-state index is 4.72. The van der Waals surface area contributed by atoms with Crippen LogP contribution in [0, 0.1) is 0 Å². The summed E-state index contributed by atoms with van der Waals surface area (Å²) in [5.41, 5.74) is 1.51. The molecule has 3 aliphatic rings. The van der Waals surface area contributed by atoms with Gasteiger partial charge in [0.15, 0.2) is 0 Å². The van der Waals surface area contributed by atoms with Gasteiger partial charge in [-0.15, -0.1) is 0 Å². The van der Waals surface area contributed by atoms with Crippen LogP contribution in [0.1, 0.15) is 13.8 Å². The van der Waals surface area contributed by atoms with Crippen LogP contribution in [0.2, 0.25) is 103 Å². The SMILES string of the molecule is C=C(C)C1(C)C[Si]2(C)C([Si](C)(C)C)=C([Si](C)(C)C)[Si]1(C)C([Si](C)(C)C)=C2[Si](C)(C)C. The molecule has 0 saturated carbocycles. The first-order chi connectivity index (χ1) is 12.9. The number of allylic oxidation sites excluding steroid dienone is 1. The predicted molar refractivity (Wildman–Crippen MR) is 159 cm³/mol. The number of fused-ring (bicyclic) bond motifs is 1. The quantitative estimate of drug-likeness (QED) is 0.257. The molecule has 0 N–H and O–H groups in total. The lowest BCUT2D eigenvalue weighted by molar-refractivity contribution is 0.739. The van der Waals surface area contributed by atoms with Crippen LogP contribution in [0.4, 0.5) is 0 Å². The molecule has 0 aliphatic carbocycles. The van der Waals surface area contributed by atoms with Gasteiger partial charge in [0.25, 0.3) is 0 Å². The van der Waals surface area contributed by atoms with E-state index >= 15 is 0 Å². The molecule has 172 valence electrons. The zero-order valence-corrected chi connectivity index (χ0v) is 29.4. The number of hydrogen-bond acceptors (Lipinski definition) is 0. The Labute approximate surface area is 195 Å². The van der Waals surface area contributed by atoms with E-state index in [1.54, 1.807) is 0 Å². The minimum Gasteiger partial charge on any atom is -0.0999 e. The Balaban J connectivity index is 3.33. The predicted octanol–water partition coefficient (Wildman–Crippen LogP) is 8.77. The maximum atomic E-state index is 4.72. The van der Waals surface area contributed by atoms with Crippen LogP contribution in [-0.2, 0) is 0 Å². The Kier molecular flexibility index (Phi) is 6.26. The van der Waals surface area contributed by atoms with E-state index in [4.69, 9.17) is 6.58 Å². The molecule has 3 heterocycles. The van der Waals surface area contributed by atoms with Gasteiger partial charge in [0.05, 0.1) is 40.4 Å². The minimum atomic E-state index is -1.90. The lowest BCUT2D eigenvalue weighted by atomic mass is 10.1. The average Bonchev–Trinajstić information content (AvgIpc) is 2.42. The van der Waals surface area contributed by atoms with Gasteiger partial charge >= 0.3 is 0 Å². The molecule has 0 aromatic rings. The van der Waals surface area contributed by atoms with Crippen LogP contribution >= 0.6 is 0 Å². The molecule has 0 amide bonds. The van der Waals surface area contributed by atoms with Crippen LogP contribution < -0.4 is 0 Å². The summed E-state index contributed by atoms with van der Waals surface area (Å²) in [5, 5.41) is 0.353. The summed E-state index contributed by atoms with van der Waals surface area (Å²) in [4.78, 5) is 8.59. The van der Waals surface area contributed by atoms with Gasteiger partial charge in [0.2, 0.25) is 0 Å². The highest BCUT2D eigenvalue weighted by atomic mass is 28.4. The molecule has 0 aromatic carbocycles. The third-order valence-electron chi connectivity index (χ3n) is 8.36. The van der Waals surface area contributed by atoms with Crippen molar-refractivity contribution in [3.05, 3.63) is 31.4 Å². The Morgan fingerprint density at radius 1 is 0.667 bits per heavy atom. The fraction of sp³-hybridized carbons (Fsp3) is 0.750. The van der Waals surface area contributed by atoms with E-state index in [9.17, 15) is 0 Å². The number of hydrogen-bond donors (Lipinski definition) is 0. The molecule has 1 atom stereocenters. The molecule has 6 heteroatoms. The Hall–Kier alpha value is 0.521. The van der Waals surface area contributed by atoms with Crippen molar-refractivity contribution in [1.29, 1.82) is 0 Å². The highest BCUT2D eigenvalue weighted by Gasteiger charge is 2.70. The van der Waals surface area contributed by atoms with Crippen molar-refractivity contribution < 1.29 is 0 Å². The van der Waals surface area contributed by atoms with Gasteiger partial charge in [-0.2, -0.15) is 0 Å². The molecule has 2 bridgehead atoms. The molecule has 0 fully saturated rings. The van der Waals surface area contributed by atoms with Gasteiger partial charge in [-0.3, -0.25) is 0 Å². The third-order valence-corrected chi connectivity index (χ3v) is 42.5. The molecule has 3 rings (SSSR count). The molecule has 30 heavy (non-hydrogen) atoms. The topological polar surface area (TPSA) is 0 Å². The standard InChI is InChI=1S/C24H52Si6/c1-19(2)24(3)18-29(16)20(25(4,5)6)22(27(10,11)12)30(24,17)23(28(13,14)15)21(29)26(7,8)9/h1,18H2,2-17H3. The highest BCUT2D eigenvalue weighted by Crippen LogP contribution is 2.69. The maximum Gasteiger partial charge on any atom is 0.105 e. The van der Waals surface area contributed by atoms with Crippen molar-refractivity contribution in [2.24, 2.45) is 0 Å². The molecule has 0 spiro atoms. The summed E-state index contributed by atoms with van der Waals surface area (Å²) >= 11 is 0. The van der Waals surface area contributed by atoms with E-state index in [1.165, 1.54) is 11.6 Å². The van der Waals surface area contributed by atoms with Crippen molar-refractivity contribution in [2.45, 2.75) is 117 Å². The summed E-state index contributed by atoms with van der Waals surface area (Å²) < 4.78 is 0. The highest BCUT2D eigenvalue weighted by molar-refractivity contribution is 7.31. The molecule has 0 nitrogen and oxygen atoms in total. The van der Waals surface area contributed by atoms with Crippen LogP contribution in [0.3, 0.4) is 0 Å². The molecule has 0 radical (unpaired) electrons. The van der Waals surface area contributed by atoms with E-state index in [0.29, 0.717) is 5.04 Å². The van der Waals surface area contributed by atoms with Gasteiger partial charge in [0, 0.05) is 0 Å². The molecule has 3 aliphatic heterocycles. The van der Waals surface area contributed by atoms with Gasteiger partial charge in [-0.25, -0.2) is 0 Å². The summed E-state index contributed by atoms with van der Waals surface area (Å²) in [6.45, 7) is 47.8. The van der Waals surface area contributed by atoms with E-state index in [1.807, 2.05) is 0 Å².